The second kappa shape index (κ2) is 6.18. The molecule has 0 amide bonds. The van der Waals surface area contributed by atoms with Gasteiger partial charge in [-0.15, -0.1) is 0 Å². The van der Waals surface area contributed by atoms with Gasteiger partial charge >= 0.3 is 0 Å². The van der Waals surface area contributed by atoms with Gasteiger partial charge in [-0.1, -0.05) is 19.0 Å². The van der Waals surface area contributed by atoms with E-state index in [1.54, 1.807) is 0 Å². The summed E-state index contributed by atoms with van der Waals surface area (Å²) >= 11 is 0. The second-order valence-electron chi connectivity index (χ2n) is 4.23. The van der Waals surface area contributed by atoms with Gasteiger partial charge in [0.05, 0.1) is 0 Å². The van der Waals surface area contributed by atoms with Gasteiger partial charge in [-0.3, -0.25) is 0 Å². The fourth-order valence-electron chi connectivity index (χ4n) is 1.30. The molecule has 0 spiro atoms. The molecule has 3 nitrogen and oxygen atoms in total. The van der Waals surface area contributed by atoms with E-state index in [4.69, 9.17) is 5.21 Å². The highest BCUT2D eigenvalue weighted by Gasteiger charge is 2.06. The minimum absolute atomic E-state index is 0.338. The molecular weight excluding hydrogens is 226 g/mol. The molecule has 5 heteroatoms. The van der Waals surface area contributed by atoms with E-state index in [1.807, 2.05) is 13.8 Å². The van der Waals surface area contributed by atoms with Crippen molar-refractivity contribution in [1.82, 2.24) is 0 Å². The molecule has 0 fully saturated rings. The Balaban J connectivity index is 2.65. The third-order valence-corrected chi connectivity index (χ3v) is 2.29. The molecule has 1 aromatic carbocycles. The molecule has 0 unspecified atom stereocenters. The lowest BCUT2D eigenvalue weighted by molar-refractivity contribution is 0.317. The van der Waals surface area contributed by atoms with Crippen LogP contribution in [0.4, 0.5) is 14.5 Å². The van der Waals surface area contributed by atoms with E-state index in [1.165, 1.54) is 6.07 Å². The van der Waals surface area contributed by atoms with Crippen LogP contribution in [0.25, 0.3) is 0 Å². The van der Waals surface area contributed by atoms with E-state index in [9.17, 15) is 8.78 Å². The van der Waals surface area contributed by atoms with Crippen molar-refractivity contribution in [2.45, 2.75) is 26.7 Å². The van der Waals surface area contributed by atoms with Crippen molar-refractivity contribution < 1.29 is 14.0 Å². The molecule has 0 aliphatic heterocycles. The number of halogens is 2. The van der Waals surface area contributed by atoms with Crippen molar-refractivity contribution in [3.63, 3.8) is 0 Å². The highest BCUT2D eigenvalue weighted by atomic mass is 19.2. The minimum Gasteiger partial charge on any atom is -0.409 e. The predicted octanol–water partition coefficient (Wildman–Crippen LogP) is 3.60. The number of rotatable bonds is 4. The Labute approximate surface area is 99.1 Å². The van der Waals surface area contributed by atoms with Gasteiger partial charge in [0.2, 0.25) is 0 Å². The minimum atomic E-state index is -0.934. The van der Waals surface area contributed by atoms with Crippen molar-refractivity contribution in [2.75, 3.05) is 5.32 Å². The zero-order chi connectivity index (χ0) is 12.8. The van der Waals surface area contributed by atoms with Crippen molar-refractivity contribution in [3.8, 4) is 0 Å². The summed E-state index contributed by atoms with van der Waals surface area (Å²) in [5, 5.41) is 14.6. The van der Waals surface area contributed by atoms with E-state index >= 15 is 0 Å². The third-order valence-electron chi connectivity index (χ3n) is 2.29. The van der Waals surface area contributed by atoms with Crippen LogP contribution in [0.15, 0.2) is 23.4 Å². The molecule has 0 saturated carbocycles. The Morgan fingerprint density at radius 1 is 1.35 bits per heavy atom. The summed E-state index contributed by atoms with van der Waals surface area (Å²) in [6.45, 7) is 4.10. The molecule has 0 aliphatic rings. The third kappa shape index (κ3) is 4.38. The topological polar surface area (TPSA) is 44.6 Å². The van der Waals surface area contributed by atoms with Crippen LogP contribution in [-0.4, -0.2) is 11.0 Å². The zero-order valence-corrected chi connectivity index (χ0v) is 9.87. The molecule has 0 radical (unpaired) electrons. The summed E-state index contributed by atoms with van der Waals surface area (Å²) in [5.74, 6) is -1.03. The van der Waals surface area contributed by atoms with Crippen molar-refractivity contribution in [3.05, 3.63) is 29.8 Å². The molecular formula is C12H16F2N2O. The molecule has 0 atom stereocenters. The number of hydrogen-bond acceptors (Lipinski definition) is 2. The highest BCUT2D eigenvalue weighted by molar-refractivity contribution is 5.94. The van der Waals surface area contributed by atoms with Crippen LogP contribution in [0.3, 0.4) is 0 Å². The number of anilines is 1. The Morgan fingerprint density at radius 2 is 2.06 bits per heavy atom. The van der Waals surface area contributed by atoms with E-state index in [2.05, 4.69) is 10.5 Å². The molecule has 0 bridgehead atoms. The van der Waals surface area contributed by atoms with Crippen LogP contribution < -0.4 is 5.32 Å². The lowest BCUT2D eigenvalue weighted by Crippen LogP contribution is -2.13. The predicted molar refractivity (Wildman–Crippen MR) is 63.3 cm³/mol. The average molecular weight is 242 g/mol. The maximum Gasteiger partial charge on any atom is 0.160 e. The van der Waals surface area contributed by atoms with E-state index < -0.39 is 11.6 Å². The highest BCUT2D eigenvalue weighted by Crippen LogP contribution is 2.14. The summed E-state index contributed by atoms with van der Waals surface area (Å²) in [7, 11) is 0. The molecule has 0 heterocycles. The van der Waals surface area contributed by atoms with Crippen LogP contribution in [0.2, 0.25) is 0 Å². The van der Waals surface area contributed by atoms with E-state index in [-0.39, 0.29) is 0 Å². The van der Waals surface area contributed by atoms with Gasteiger partial charge in [-0.05, 0) is 24.5 Å². The van der Waals surface area contributed by atoms with Crippen LogP contribution >= 0.6 is 0 Å². The van der Waals surface area contributed by atoms with Crippen LogP contribution in [-0.2, 0) is 0 Å². The maximum atomic E-state index is 12.9. The number of oxime groups is 1. The van der Waals surface area contributed by atoms with E-state index in [0.29, 0.717) is 23.9 Å². The Kier molecular flexibility index (Phi) is 4.87. The fourth-order valence-corrected chi connectivity index (χ4v) is 1.30. The Hall–Kier alpha value is -1.65. The smallest absolute Gasteiger partial charge is 0.160 e. The van der Waals surface area contributed by atoms with Crippen LogP contribution in [0.5, 0.6) is 0 Å². The van der Waals surface area contributed by atoms with Crippen molar-refractivity contribution in [2.24, 2.45) is 11.1 Å². The Morgan fingerprint density at radius 3 is 2.59 bits per heavy atom. The largest absolute Gasteiger partial charge is 0.409 e. The van der Waals surface area contributed by atoms with Gasteiger partial charge < -0.3 is 10.5 Å². The SMILES string of the molecule is CC(C)CC/C(=N/O)Nc1ccc(F)c(F)c1. The molecule has 1 rings (SSSR count). The monoisotopic (exact) mass is 242 g/mol. The standard InChI is InChI=1S/C12H16F2N2O/c1-8(2)3-6-12(16-17)15-9-4-5-10(13)11(14)7-9/h4-5,7-8,17H,3,6H2,1-2H3,(H,15,16). The fraction of sp³-hybridized carbons (Fsp3) is 0.417. The quantitative estimate of drug-likeness (QED) is 0.366. The van der Waals surface area contributed by atoms with Gasteiger partial charge in [0.25, 0.3) is 0 Å². The van der Waals surface area contributed by atoms with Gasteiger partial charge in [-0.25, -0.2) is 8.78 Å². The first-order valence-corrected chi connectivity index (χ1v) is 5.46. The molecule has 0 saturated heterocycles. The van der Waals surface area contributed by atoms with Gasteiger partial charge in [0.15, 0.2) is 11.6 Å². The van der Waals surface area contributed by atoms with Crippen LogP contribution in [0, 0.1) is 17.6 Å². The Bertz CT molecular complexity index is 405. The normalized spacial score (nSPS) is 11.9. The lowest BCUT2D eigenvalue weighted by atomic mass is 10.1. The van der Waals surface area contributed by atoms with Crippen LogP contribution in [0.1, 0.15) is 26.7 Å². The van der Waals surface area contributed by atoms with Gasteiger partial charge in [0.1, 0.15) is 5.84 Å². The lowest BCUT2D eigenvalue weighted by Gasteiger charge is -2.09. The van der Waals surface area contributed by atoms with Crippen molar-refractivity contribution in [1.29, 1.82) is 0 Å². The number of nitrogens with one attached hydrogen (secondary N) is 1. The van der Waals surface area contributed by atoms with Gasteiger partial charge in [-0.2, -0.15) is 0 Å². The molecule has 0 aliphatic carbocycles. The maximum absolute atomic E-state index is 12.9. The van der Waals surface area contributed by atoms with E-state index in [0.717, 1.165) is 18.6 Å². The summed E-state index contributed by atoms with van der Waals surface area (Å²) < 4.78 is 25.6. The second-order valence-corrected chi connectivity index (χ2v) is 4.23. The number of hydrogen-bond donors (Lipinski definition) is 2. The molecule has 2 N–H and O–H groups in total. The first kappa shape index (κ1) is 13.4. The molecule has 1 aromatic rings. The molecule has 94 valence electrons. The first-order chi connectivity index (χ1) is 8.02. The van der Waals surface area contributed by atoms with Gasteiger partial charge in [0, 0.05) is 18.2 Å². The number of nitrogens with zero attached hydrogens (tertiary/aromatic N) is 1. The summed E-state index contributed by atoms with van der Waals surface area (Å²) in [4.78, 5) is 0. The van der Waals surface area contributed by atoms with Crippen molar-refractivity contribution >= 4 is 11.5 Å². The zero-order valence-electron chi connectivity index (χ0n) is 9.87. The number of amidine groups is 1. The summed E-state index contributed by atoms with van der Waals surface area (Å²) in [6.07, 6.45) is 1.39. The molecule has 17 heavy (non-hydrogen) atoms. The summed E-state index contributed by atoms with van der Waals surface area (Å²) in [5.41, 5.74) is 0.362. The molecule has 0 aromatic heterocycles. The number of benzene rings is 1. The average Bonchev–Trinajstić information content (AvgIpc) is 2.28. The summed E-state index contributed by atoms with van der Waals surface area (Å²) in [6, 6.07) is 3.43. The first-order valence-electron chi connectivity index (χ1n) is 5.46.